The van der Waals surface area contributed by atoms with Crippen LogP contribution in [0.4, 0.5) is 0 Å². The molecule has 0 aromatic heterocycles. The molecule has 25 heavy (non-hydrogen) atoms. The second-order valence-electron chi connectivity index (χ2n) is 6.11. The number of rotatable bonds is 6. The Morgan fingerprint density at radius 2 is 2.24 bits per heavy atom. The first kappa shape index (κ1) is 13.1. The van der Waals surface area contributed by atoms with Crippen LogP contribution in [0.2, 0.25) is 0 Å². The van der Waals surface area contributed by atoms with Crippen molar-refractivity contribution in [2.24, 2.45) is 5.89 Å². The van der Waals surface area contributed by atoms with Gasteiger partial charge in [0.15, 0.2) is 5.78 Å². The monoisotopic (exact) mass is 351 g/mol. The van der Waals surface area contributed by atoms with Gasteiger partial charge in [-0.2, -0.15) is 0 Å². The smallest absolute Gasteiger partial charge is 0.249 e. The zero-order valence-corrected chi connectivity index (χ0v) is 14.3. The van der Waals surface area contributed by atoms with Gasteiger partial charge in [-0.1, -0.05) is 38.0 Å². The molecule has 0 spiro atoms. The number of carbonyl (C=O) groups is 3. The maximum Gasteiger partial charge on any atom is 0.249 e. The molecule has 0 saturated heterocycles. The molecule has 4 atom stereocenters. The molecule has 136 valence electrons. The maximum atomic E-state index is 12.7. The number of amides is 2. The Balaban J connectivity index is 2.13. The number of aliphatic hydroxyl groups excluding tert-OH is 1. The zero-order chi connectivity index (χ0) is 22.9. The van der Waals surface area contributed by atoms with Crippen molar-refractivity contribution in [2.75, 3.05) is 13.6 Å². The molecule has 2 N–H and O–H groups in total. The molecule has 0 saturated carbocycles. The van der Waals surface area contributed by atoms with E-state index >= 15 is 0 Å². The zero-order valence-electron chi connectivity index (χ0n) is 19.3. The Bertz CT molecular complexity index is 827. The van der Waals surface area contributed by atoms with Crippen molar-refractivity contribution in [1.29, 1.82) is 0 Å². The summed E-state index contributed by atoms with van der Waals surface area (Å²) in [5, 5.41) is 12.5. The molecule has 2 amide bonds. The first-order chi connectivity index (χ1) is 13.8. The third kappa shape index (κ3) is 4.66. The fraction of sp³-hybridized carbons (Fsp3) is 0.526. The van der Waals surface area contributed by atoms with Gasteiger partial charge in [0, 0.05) is 33.3 Å². The number of fused-ring (bicyclic) bond motifs is 1. The lowest BCUT2D eigenvalue weighted by Gasteiger charge is -2.22. The Labute approximate surface area is 155 Å². The molecule has 1 aromatic carbocycles. The number of Topliss-reactive ketones (excluding diaryl/α,β-unsaturated/α-hetero) is 1. The molecular formula is C19H26N2O4. The highest BCUT2D eigenvalue weighted by atomic mass is 16.3. The average molecular weight is 351 g/mol. The minimum atomic E-state index is -2.93. The van der Waals surface area contributed by atoms with Crippen LogP contribution in [0.15, 0.2) is 24.3 Å². The number of nitrogens with one attached hydrogen (secondary N) is 1. The van der Waals surface area contributed by atoms with E-state index in [1.165, 1.54) is 4.90 Å². The van der Waals surface area contributed by atoms with Gasteiger partial charge in [-0.15, -0.1) is 0 Å². The van der Waals surface area contributed by atoms with Crippen LogP contribution in [0.3, 0.4) is 0 Å². The summed E-state index contributed by atoms with van der Waals surface area (Å²) in [7, 11) is 1.61. The van der Waals surface area contributed by atoms with E-state index < -0.39 is 49.4 Å². The Morgan fingerprint density at radius 3 is 2.96 bits per heavy atom. The van der Waals surface area contributed by atoms with Crippen molar-refractivity contribution in [3.8, 4) is 0 Å². The van der Waals surface area contributed by atoms with Crippen LogP contribution in [0.5, 0.6) is 0 Å². The first-order valence-electron chi connectivity index (χ1n) is 10.6. The maximum absolute atomic E-state index is 12.7. The lowest BCUT2D eigenvalue weighted by molar-refractivity contribution is -0.136. The number of hydrogen-bond donors (Lipinski definition) is 2. The molecule has 1 aliphatic heterocycles. The van der Waals surface area contributed by atoms with E-state index in [1.54, 1.807) is 19.2 Å². The summed E-state index contributed by atoms with van der Waals surface area (Å²) in [6, 6.07) is 6.11. The Kier molecular flexibility index (Phi) is 4.31. The van der Waals surface area contributed by atoms with Gasteiger partial charge >= 0.3 is 0 Å². The van der Waals surface area contributed by atoms with Crippen molar-refractivity contribution in [2.45, 2.75) is 45.2 Å². The summed E-state index contributed by atoms with van der Waals surface area (Å²) in [5.41, 5.74) is 1.50. The van der Waals surface area contributed by atoms with Crippen LogP contribution in [0.25, 0.3) is 0 Å². The fourth-order valence-corrected chi connectivity index (χ4v) is 2.68. The number of aliphatic hydroxyl groups is 1. The second kappa shape index (κ2) is 8.25. The van der Waals surface area contributed by atoms with E-state index in [0.717, 1.165) is 12.5 Å². The van der Waals surface area contributed by atoms with Crippen LogP contribution in [0, 0.1) is 5.89 Å². The van der Waals surface area contributed by atoms with Gasteiger partial charge in [0.05, 0.1) is 0 Å². The van der Waals surface area contributed by atoms with E-state index in [4.69, 9.17) is 6.85 Å². The predicted molar refractivity (Wildman–Crippen MR) is 93.8 cm³/mol. The number of benzene rings is 1. The standard InChI is InChI=1S/C19H26N2O4/c1-12(2)18(24)15(22)8-9-16(23)20-17-14-7-5-4-6-13(14)10-11-21(3)19(17)25/h4-7,12,17-18,24H,8-11H2,1-3H3,(H,20,23)/t17-,18-/m0/s1/i1D3,9D,12D/t9?,12?,17-,18-. The van der Waals surface area contributed by atoms with Crippen molar-refractivity contribution in [3.05, 3.63) is 35.4 Å². The molecule has 1 aliphatic rings. The predicted octanol–water partition coefficient (Wildman–Crippen LogP) is 1.22. The van der Waals surface area contributed by atoms with E-state index in [2.05, 4.69) is 5.32 Å². The normalized spacial score (nSPS) is 25.6. The van der Waals surface area contributed by atoms with Crippen LogP contribution >= 0.6 is 0 Å². The molecule has 1 heterocycles. The summed E-state index contributed by atoms with van der Waals surface area (Å²) in [4.78, 5) is 38.9. The second-order valence-corrected chi connectivity index (χ2v) is 6.11. The highest BCUT2D eigenvalue weighted by Crippen LogP contribution is 2.24. The van der Waals surface area contributed by atoms with Gasteiger partial charge in [-0.05, 0) is 23.4 Å². The number of nitrogens with zero attached hydrogens (tertiary/aromatic N) is 1. The lowest BCUT2D eigenvalue weighted by Crippen LogP contribution is -2.40. The summed E-state index contributed by atoms with van der Waals surface area (Å²) < 4.78 is 37.6. The van der Waals surface area contributed by atoms with Crippen molar-refractivity contribution >= 4 is 17.6 Å². The van der Waals surface area contributed by atoms with Crippen LogP contribution in [-0.4, -0.2) is 47.3 Å². The van der Waals surface area contributed by atoms with Gasteiger partial charge < -0.3 is 15.3 Å². The molecule has 0 bridgehead atoms. The number of likely N-dealkylation sites (N-methyl/N-ethyl adjacent to an activating group) is 1. The van der Waals surface area contributed by atoms with E-state index in [0.29, 0.717) is 18.5 Å². The quantitative estimate of drug-likeness (QED) is 0.807. The van der Waals surface area contributed by atoms with E-state index in [-0.39, 0.29) is 5.91 Å². The van der Waals surface area contributed by atoms with Gasteiger partial charge in [0.2, 0.25) is 11.8 Å². The number of hydrogen-bond acceptors (Lipinski definition) is 4. The third-order valence-electron chi connectivity index (χ3n) is 4.20. The molecule has 6 nitrogen and oxygen atoms in total. The largest absolute Gasteiger partial charge is 0.385 e. The topological polar surface area (TPSA) is 86.7 Å². The Morgan fingerprint density at radius 1 is 1.52 bits per heavy atom. The molecule has 6 heteroatoms. The van der Waals surface area contributed by atoms with Crippen molar-refractivity contribution in [1.82, 2.24) is 10.2 Å². The van der Waals surface area contributed by atoms with Gasteiger partial charge in [-0.3, -0.25) is 14.4 Å². The van der Waals surface area contributed by atoms with Crippen LogP contribution in [-0.2, 0) is 20.8 Å². The molecule has 2 rings (SSSR count). The third-order valence-corrected chi connectivity index (χ3v) is 4.20. The summed E-state index contributed by atoms with van der Waals surface area (Å²) in [5.74, 6) is -4.82. The SMILES string of the molecule is [2H]C(CC(=O)[C@@H](O)C([2H])(C)C([2H])([2H])[2H])C(=O)N[C@@H]1C(=O)N(C)CCc2ccccc21. The minimum absolute atomic E-state index is 0.354. The molecule has 1 aromatic rings. The Hall–Kier alpha value is -2.21. The van der Waals surface area contributed by atoms with Crippen molar-refractivity contribution < 1.29 is 26.3 Å². The lowest BCUT2D eigenvalue weighted by atomic mass is 9.98. The summed E-state index contributed by atoms with van der Waals surface area (Å²) in [6.45, 7) is -1.56. The van der Waals surface area contributed by atoms with E-state index in [9.17, 15) is 19.5 Å². The highest BCUT2D eigenvalue weighted by Gasteiger charge is 2.30. The molecular weight excluding hydrogens is 320 g/mol. The molecule has 0 radical (unpaired) electrons. The molecule has 0 aliphatic carbocycles. The average Bonchev–Trinajstić information content (AvgIpc) is 2.78. The van der Waals surface area contributed by atoms with Crippen molar-refractivity contribution in [3.63, 3.8) is 0 Å². The molecule has 0 fully saturated rings. The van der Waals surface area contributed by atoms with Gasteiger partial charge in [0.25, 0.3) is 0 Å². The van der Waals surface area contributed by atoms with E-state index in [1.807, 2.05) is 12.1 Å². The summed E-state index contributed by atoms with van der Waals surface area (Å²) >= 11 is 0. The number of carbonyl (C=O) groups excluding carboxylic acids is 3. The minimum Gasteiger partial charge on any atom is -0.385 e. The fourth-order valence-electron chi connectivity index (χ4n) is 2.68. The number of ketones is 1. The van der Waals surface area contributed by atoms with Crippen LogP contribution < -0.4 is 5.32 Å². The summed E-state index contributed by atoms with van der Waals surface area (Å²) in [6.07, 6.45) is -4.03. The van der Waals surface area contributed by atoms with Crippen LogP contribution in [0.1, 0.15) is 50.6 Å². The van der Waals surface area contributed by atoms with Gasteiger partial charge in [-0.25, -0.2) is 0 Å². The first-order valence-corrected chi connectivity index (χ1v) is 8.03. The highest BCUT2D eigenvalue weighted by molar-refractivity contribution is 5.91. The van der Waals surface area contributed by atoms with Gasteiger partial charge in [0.1, 0.15) is 12.1 Å². The molecule has 2 unspecified atom stereocenters.